The third kappa shape index (κ3) is 4.47. The first-order chi connectivity index (χ1) is 18.4. The molecule has 0 spiro atoms. The lowest BCUT2D eigenvalue weighted by Gasteiger charge is -2.61. The van der Waals surface area contributed by atoms with E-state index in [2.05, 4.69) is 37.3 Å². The molecule has 3 aliphatic rings. The highest BCUT2D eigenvalue weighted by atomic mass is 35.5. The van der Waals surface area contributed by atoms with Crippen molar-refractivity contribution in [1.82, 2.24) is 9.97 Å². The van der Waals surface area contributed by atoms with Gasteiger partial charge in [-0.2, -0.15) is 0 Å². The lowest BCUT2D eigenvalue weighted by atomic mass is 9.44. The zero-order valence-corrected chi connectivity index (χ0v) is 24.5. The van der Waals surface area contributed by atoms with Crippen LogP contribution in [0.3, 0.4) is 0 Å². The van der Waals surface area contributed by atoms with Gasteiger partial charge in [0.1, 0.15) is 11.9 Å². The molecule has 3 aliphatic carbocycles. The number of aliphatic hydroxyl groups is 1. The predicted molar refractivity (Wildman–Crippen MR) is 153 cm³/mol. The Bertz CT molecular complexity index is 1400. The van der Waals surface area contributed by atoms with Crippen LogP contribution in [0.5, 0.6) is 0 Å². The van der Waals surface area contributed by atoms with Crippen molar-refractivity contribution in [2.24, 2.45) is 34.0 Å². The van der Waals surface area contributed by atoms with Crippen molar-refractivity contribution in [3.05, 3.63) is 46.2 Å². The van der Waals surface area contributed by atoms with E-state index >= 15 is 0 Å². The van der Waals surface area contributed by atoms with Gasteiger partial charge in [-0.25, -0.2) is 4.98 Å². The Labute approximate surface area is 238 Å². The first kappa shape index (κ1) is 28.4. The summed E-state index contributed by atoms with van der Waals surface area (Å²) in [5.41, 5.74) is -1.44. The van der Waals surface area contributed by atoms with Crippen molar-refractivity contribution >= 4 is 46.0 Å². The molecule has 3 fully saturated rings. The van der Waals surface area contributed by atoms with Gasteiger partial charge in [-0.1, -0.05) is 57.1 Å². The zero-order valence-electron chi connectivity index (χ0n) is 23.0. The first-order valence-corrected chi connectivity index (χ1v) is 15.1. The Morgan fingerprint density at radius 1 is 1.31 bits per heavy atom. The number of esters is 1. The maximum Gasteiger partial charge on any atom is 0.316 e. The third-order valence-corrected chi connectivity index (χ3v) is 11.6. The van der Waals surface area contributed by atoms with Gasteiger partial charge in [0.05, 0.1) is 22.8 Å². The minimum Gasteiger partial charge on any atom is -0.461 e. The molecule has 39 heavy (non-hydrogen) atoms. The standard InChI is InChI=1S/C30H37ClN2O5S/c1-6-28(4)14-22(29(5)16(2)9-11-30(17(3)25(28)36)12-10-21(34)24(29)30)38-23(35)15-39-27-32-20-13-18(31)7-8-19(20)26(37)33-27/h6-8,13,16-17,22,24-25,36H,1,9-12,14-15H2,2-5H3,(H,32,33,37)/t16-,17+,22-,24+,25+,28-,29+,30+/m1/s1. The molecule has 5 rings (SSSR count). The number of hydrogen-bond donors (Lipinski definition) is 2. The number of H-pyrrole nitrogens is 1. The summed E-state index contributed by atoms with van der Waals surface area (Å²) < 4.78 is 6.27. The average molecular weight is 573 g/mol. The van der Waals surface area contributed by atoms with Crippen molar-refractivity contribution in [2.45, 2.75) is 77.2 Å². The fourth-order valence-electron chi connectivity index (χ4n) is 7.98. The summed E-state index contributed by atoms with van der Waals surface area (Å²) in [5, 5.41) is 12.8. The first-order valence-electron chi connectivity index (χ1n) is 13.7. The van der Waals surface area contributed by atoms with Gasteiger partial charge in [0.15, 0.2) is 5.16 Å². The van der Waals surface area contributed by atoms with E-state index in [0.29, 0.717) is 33.9 Å². The quantitative estimate of drug-likeness (QED) is 0.208. The van der Waals surface area contributed by atoms with Gasteiger partial charge < -0.3 is 14.8 Å². The lowest BCUT2D eigenvalue weighted by Crippen LogP contribution is -2.63. The number of Topliss-reactive ketones (excluding diaryl/α,β-unsaturated/α-hetero) is 1. The van der Waals surface area contributed by atoms with Gasteiger partial charge >= 0.3 is 5.97 Å². The van der Waals surface area contributed by atoms with Gasteiger partial charge in [-0.05, 0) is 61.1 Å². The molecular formula is C30H37ClN2O5S. The lowest BCUT2D eigenvalue weighted by molar-refractivity contribution is -0.205. The van der Waals surface area contributed by atoms with Gasteiger partial charge in [0.2, 0.25) is 0 Å². The molecule has 3 saturated carbocycles. The van der Waals surface area contributed by atoms with E-state index in [-0.39, 0.29) is 40.3 Å². The molecule has 8 atom stereocenters. The topological polar surface area (TPSA) is 109 Å². The van der Waals surface area contributed by atoms with Crippen LogP contribution in [-0.2, 0) is 14.3 Å². The summed E-state index contributed by atoms with van der Waals surface area (Å²) in [6.07, 6.45) is 3.92. The minimum absolute atomic E-state index is 0.0660. The molecule has 2 bridgehead atoms. The van der Waals surface area contributed by atoms with Crippen molar-refractivity contribution in [3.8, 4) is 0 Å². The van der Waals surface area contributed by atoms with E-state index in [1.54, 1.807) is 24.3 Å². The fourth-order valence-corrected chi connectivity index (χ4v) is 8.80. The maximum absolute atomic E-state index is 13.5. The Hall–Kier alpha value is -2.16. The van der Waals surface area contributed by atoms with Crippen LogP contribution < -0.4 is 5.56 Å². The van der Waals surface area contributed by atoms with Crippen LogP contribution in [0.1, 0.15) is 59.8 Å². The summed E-state index contributed by atoms with van der Waals surface area (Å²) in [5.74, 6) is -0.505. The van der Waals surface area contributed by atoms with Crippen LogP contribution in [0.2, 0.25) is 5.02 Å². The van der Waals surface area contributed by atoms with Crippen molar-refractivity contribution in [2.75, 3.05) is 5.75 Å². The molecular weight excluding hydrogens is 536 g/mol. The summed E-state index contributed by atoms with van der Waals surface area (Å²) >= 11 is 7.16. The van der Waals surface area contributed by atoms with Gasteiger partial charge in [0, 0.05) is 28.2 Å². The van der Waals surface area contributed by atoms with Crippen molar-refractivity contribution in [3.63, 3.8) is 0 Å². The Balaban J connectivity index is 1.45. The van der Waals surface area contributed by atoms with Crippen LogP contribution in [0, 0.1) is 34.0 Å². The Morgan fingerprint density at radius 3 is 2.77 bits per heavy atom. The normalized spacial score (nSPS) is 38.1. The van der Waals surface area contributed by atoms with Gasteiger partial charge in [-0.15, -0.1) is 6.58 Å². The number of rotatable bonds is 5. The number of halogens is 1. The fraction of sp³-hybridized carbons (Fsp3) is 0.600. The van der Waals surface area contributed by atoms with Crippen LogP contribution in [0.4, 0.5) is 0 Å². The predicted octanol–water partition coefficient (Wildman–Crippen LogP) is 5.58. The number of ketones is 1. The van der Waals surface area contributed by atoms with Crippen LogP contribution in [0.25, 0.3) is 10.9 Å². The molecule has 1 aromatic carbocycles. The number of hydrogen-bond acceptors (Lipinski definition) is 7. The number of fused-ring (bicyclic) bond motifs is 1. The maximum atomic E-state index is 13.5. The van der Waals surface area contributed by atoms with Gasteiger partial charge in [-0.3, -0.25) is 14.4 Å². The summed E-state index contributed by atoms with van der Waals surface area (Å²) in [4.78, 5) is 46.6. The Kier molecular flexibility index (Phi) is 7.30. The van der Waals surface area contributed by atoms with E-state index in [1.165, 1.54) is 0 Å². The molecule has 1 aromatic heterocycles. The van der Waals surface area contributed by atoms with Crippen LogP contribution in [-0.4, -0.2) is 44.8 Å². The molecule has 0 aliphatic heterocycles. The second-order valence-electron chi connectivity index (χ2n) is 12.4. The molecule has 0 saturated heterocycles. The molecule has 0 amide bonds. The Morgan fingerprint density at radius 2 is 2.05 bits per heavy atom. The minimum atomic E-state index is -0.712. The highest BCUT2D eigenvalue weighted by Gasteiger charge is 2.68. The molecule has 1 heterocycles. The molecule has 210 valence electrons. The second kappa shape index (κ2) is 10.0. The van der Waals surface area contributed by atoms with E-state index in [9.17, 15) is 19.5 Å². The molecule has 9 heteroatoms. The largest absolute Gasteiger partial charge is 0.461 e. The van der Waals surface area contributed by atoms with E-state index in [1.807, 2.05) is 6.92 Å². The number of nitrogens with one attached hydrogen (secondary N) is 1. The van der Waals surface area contributed by atoms with Crippen molar-refractivity contribution in [1.29, 1.82) is 0 Å². The number of aliphatic hydroxyl groups excluding tert-OH is 1. The molecule has 2 aromatic rings. The third-order valence-electron chi connectivity index (χ3n) is 10.5. The average Bonchev–Trinajstić information content (AvgIpc) is 3.25. The zero-order chi connectivity index (χ0) is 28.3. The number of thioether (sulfide) groups is 1. The smallest absolute Gasteiger partial charge is 0.316 e. The van der Waals surface area contributed by atoms with Crippen LogP contribution >= 0.6 is 23.4 Å². The summed E-state index contributed by atoms with van der Waals surface area (Å²) in [6.45, 7) is 12.4. The molecule has 0 unspecified atom stereocenters. The number of benzene rings is 1. The number of aromatic nitrogens is 2. The number of nitrogens with zero attached hydrogens (tertiary/aromatic N) is 1. The summed E-state index contributed by atoms with van der Waals surface area (Å²) in [6, 6.07) is 4.86. The van der Waals surface area contributed by atoms with E-state index < -0.39 is 29.0 Å². The second-order valence-corrected chi connectivity index (χ2v) is 13.8. The number of carbonyl (C=O) groups is 2. The van der Waals surface area contributed by atoms with E-state index in [0.717, 1.165) is 31.0 Å². The molecule has 0 radical (unpaired) electrons. The van der Waals surface area contributed by atoms with Gasteiger partial charge in [0.25, 0.3) is 5.56 Å². The molecule has 2 N–H and O–H groups in total. The van der Waals surface area contributed by atoms with Crippen LogP contribution in [0.15, 0.2) is 40.8 Å². The number of carbonyl (C=O) groups excluding carboxylic acids is 2. The monoisotopic (exact) mass is 572 g/mol. The molecule has 7 nitrogen and oxygen atoms in total. The number of aromatic amines is 1. The highest BCUT2D eigenvalue weighted by Crippen LogP contribution is 2.68. The number of ether oxygens (including phenoxy) is 1. The summed E-state index contributed by atoms with van der Waals surface area (Å²) in [7, 11) is 0. The highest BCUT2D eigenvalue weighted by molar-refractivity contribution is 7.99. The SMILES string of the molecule is C=C[C@]1(C)C[C@@H](OC(=O)CSc2nc3cc(Cl)ccc3c(=O)[nH]2)[C@]2(C)[C@H](C)CC[C@]3(CCC(=O)[C@H]32)[C@@H](C)[C@@H]1O. The van der Waals surface area contributed by atoms with E-state index in [4.69, 9.17) is 16.3 Å². The van der Waals surface area contributed by atoms with Crippen molar-refractivity contribution < 1.29 is 19.4 Å².